The van der Waals surface area contributed by atoms with Gasteiger partial charge in [-0.15, -0.1) is 0 Å². The van der Waals surface area contributed by atoms with Gasteiger partial charge in [0.05, 0.1) is 13.2 Å². The molecule has 0 amide bonds. The van der Waals surface area contributed by atoms with Crippen molar-refractivity contribution in [3.8, 4) is 0 Å². The van der Waals surface area contributed by atoms with Gasteiger partial charge < -0.3 is 15.0 Å². The third kappa shape index (κ3) is 2.39. The van der Waals surface area contributed by atoms with Crippen LogP contribution in [0.5, 0.6) is 0 Å². The van der Waals surface area contributed by atoms with Gasteiger partial charge in [-0.3, -0.25) is 0 Å². The summed E-state index contributed by atoms with van der Waals surface area (Å²) in [6, 6.07) is 5.00. The molecule has 0 atom stereocenters. The first kappa shape index (κ1) is 10.2. The van der Waals surface area contributed by atoms with Gasteiger partial charge in [0.25, 0.3) is 0 Å². The van der Waals surface area contributed by atoms with Crippen LogP contribution in [-0.4, -0.2) is 33.4 Å². The number of ether oxygens (including phenoxy) is 1. The van der Waals surface area contributed by atoms with Crippen molar-refractivity contribution in [2.45, 2.75) is 0 Å². The van der Waals surface area contributed by atoms with E-state index in [4.69, 9.17) is 4.74 Å². The van der Waals surface area contributed by atoms with E-state index in [0.717, 1.165) is 24.5 Å². The van der Waals surface area contributed by atoms with Crippen molar-refractivity contribution in [2.75, 3.05) is 43.6 Å². The van der Waals surface area contributed by atoms with E-state index >= 15 is 0 Å². The summed E-state index contributed by atoms with van der Waals surface area (Å²) in [6.07, 6.45) is 0. The van der Waals surface area contributed by atoms with Gasteiger partial charge in [-0.1, -0.05) is 0 Å². The molecule has 0 radical (unpaired) electrons. The van der Waals surface area contributed by atoms with Crippen molar-refractivity contribution in [3.05, 3.63) is 24.0 Å². The third-order valence-electron chi connectivity index (χ3n) is 2.55. The maximum absolute atomic E-state index is 13.3. The summed E-state index contributed by atoms with van der Waals surface area (Å²) in [7, 11) is 1.79. The summed E-state index contributed by atoms with van der Waals surface area (Å²) in [5, 5.41) is 2.95. The molecule has 2 rings (SSSR count). The number of anilines is 2. The normalized spacial score (nSPS) is 16.5. The molecule has 1 fully saturated rings. The fraction of sp³-hybridized carbons (Fsp3) is 0.455. The molecule has 1 aromatic carbocycles. The number of hydrogen-bond acceptors (Lipinski definition) is 3. The lowest BCUT2D eigenvalue weighted by Gasteiger charge is -2.29. The first-order chi connectivity index (χ1) is 7.29. The minimum absolute atomic E-state index is 0.205. The fourth-order valence-corrected chi connectivity index (χ4v) is 1.72. The van der Waals surface area contributed by atoms with Gasteiger partial charge >= 0.3 is 0 Å². The van der Waals surface area contributed by atoms with Gasteiger partial charge in [-0.25, -0.2) is 4.39 Å². The average Bonchev–Trinajstić information content (AvgIpc) is 2.29. The molecule has 3 nitrogen and oxygen atoms in total. The molecular formula is C11H15FN2O. The molecule has 1 N–H and O–H groups in total. The van der Waals surface area contributed by atoms with Gasteiger partial charge in [-0.2, -0.15) is 0 Å². The largest absolute Gasteiger partial charge is 0.388 e. The van der Waals surface area contributed by atoms with E-state index in [9.17, 15) is 4.39 Å². The van der Waals surface area contributed by atoms with Crippen LogP contribution in [0.4, 0.5) is 15.8 Å². The van der Waals surface area contributed by atoms with Crippen LogP contribution in [0, 0.1) is 5.82 Å². The van der Waals surface area contributed by atoms with E-state index in [2.05, 4.69) is 10.2 Å². The van der Waals surface area contributed by atoms with E-state index in [-0.39, 0.29) is 5.82 Å². The van der Waals surface area contributed by atoms with Crippen LogP contribution in [0.2, 0.25) is 0 Å². The Morgan fingerprint density at radius 1 is 1.27 bits per heavy atom. The van der Waals surface area contributed by atoms with Crippen LogP contribution < -0.4 is 10.2 Å². The third-order valence-corrected chi connectivity index (χ3v) is 2.55. The zero-order valence-corrected chi connectivity index (χ0v) is 8.79. The lowest BCUT2D eigenvalue weighted by Crippen LogP contribution is -2.36. The topological polar surface area (TPSA) is 24.5 Å². The molecule has 0 saturated carbocycles. The Morgan fingerprint density at radius 2 is 2.00 bits per heavy atom. The highest BCUT2D eigenvalue weighted by Crippen LogP contribution is 2.22. The van der Waals surface area contributed by atoms with Crippen molar-refractivity contribution in [2.24, 2.45) is 0 Å². The number of morpholine rings is 1. The van der Waals surface area contributed by atoms with E-state index in [1.807, 2.05) is 6.07 Å². The number of nitrogens with zero attached hydrogens (tertiary/aromatic N) is 1. The summed E-state index contributed by atoms with van der Waals surface area (Å²) in [5.74, 6) is -0.205. The highest BCUT2D eigenvalue weighted by atomic mass is 19.1. The van der Waals surface area contributed by atoms with Crippen LogP contribution in [0.3, 0.4) is 0 Å². The van der Waals surface area contributed by atoms with E-state index in [1.54, 1.807) is 13.1 Å². The zero-order valence-electron chi connectivity index (χ0n) is 8.79. The molecule has 0 aromatic heterocycles. The molecule has 0 unspecified atom stereocenters. The van der Waals surface area contributed by atoms with Gasteiger partial charge in [0, 0.05) is 31.5 Å². The number of rotatable bonds is 2. The number of hydrogen-bond donors (Lipinski definition) is 1. The Kier molecular flexibility index (Phi) is 3.06. The second kappa shape index (κ2) is 4.49. The fourth-order valence-electron chi connectivity index (χ4n) is 1.72. The lowest BCUT2D eigenvalue weighted by atomic mass is 10.2. The van der Waals surface area contributed by atoms with Crippen molar-refractivity contribution >= 4 is 11.4 Å². The highest BCUT2D eigenvalue weighted by molar-refractivity contribution is 5.58. The van der Waals surface area contributed by atoms with E-state index in [0.29, 0.717) is 13.2 Å². The second-order valence-electron chi connectivity index (χ2n) is 3.55. The van der Waals surface area contributed by atoms with Crippen molar-refractivity contribution in [1.82, 2.24) is 0 Å². The second-order valence-corrected chi connectivity index (χ2v) is 3.55. The SMILES string of the molecule is CNc1cc(F)cc(N2CCOCC2)c1. The Bertz CT molecular complexity index is 337. The van der Waals surface area contributed by atoms with Gasteiger partial charge in [0.15, 0.2) is 0 Å². The van der Waals surface area contributed by atoms with Crippen molar-refractivity contribution in [3.63, 3.8) is 0 Å². The lowest BCUT2D eigenvalue weighted by molar-refractivity contribution is 0.122. The maximum atomic E-state index is 13.3. The molecule has 82 valence electrons. The van der Waals surface area contributed by atoms with Gasteiger partial charge in [0.2, 0.25) is 0 Å². The first-order valence-electron chi connectivity index (χ1n) is 5.10. The predicted octanol–water partition coefficient (Wildman–Crippen LogP) is 1.70. The molecule has 15 heavy (non-hydrogen) atoms. The van der Waals surface area contributed by atoms with E-state index < -0.39 is 0 Å². The molecule has 0 bridgehead atoms. The monoisotopic (exact) mass is 210 g/mol. The Labute approximate surface area is 88.8 Å². The molecule has 1 heterocycles. The van der Waals surface area contributed by atoms with Crippen LogP contribution in [-0.2, 0) is 4.74 Å². The van der Waals surface area contributed by atoms with Gasteiger partial charge in [-0.05, 0) is 18.2 Å². The standard InChI is InChI=1S/C11H15FN2O/c1-13-10-6-9(12)7-11(8-10)14-2-4-15-5-3-14/h6-8,13H,2-5H2,1H3. The predicted molar refractivity (Wildman–Crippen MR) is 59.0 cm³/mol. The molecule has 0 spiro atoms. The zero-order chi connectivity index (χ0) is 10.7. The molecule has 0 aliphatic carbocycles. The van der Waals surface area contributed by atoms with Crippen molar-refractivity contribution < 1.29 is 9.13 Å². The summed E-state index contributed by atoms with van der Waals surface area (Å²) in [5.41, 5.74) is 1.72. The van der Waals surface area contributed by atoms with Crippen LogP contribution >= 0.6 is 0 Å². The molecule has 1 aliphatic rings. The van der Waals surface area contributed by atoms with Gasteiger partial charge in [0.1, 0.15) is 5.82 Å². The minimum atomic E-state index is -0.205. The molecule has 1 aromatic rings. The summed E-state index contributed by atoms with van der Waals surface area (Å²) in [4.78, 5) is 2.13. The maximum Gasteiger partial charge on any atom is 0.127 e. The van der Waals surface area contributed by atoms with Crippen molar-refractivity contribution in [1.29, 1.82) is 0 Å². The summed E-state index contributed by atoms with van der Waals surface area (Å²) < 4.78 is 18.5. The smallest absolute Gasteiger partial charge is 0.127 e. The number of halogens is 1. The van der Waals surface area contributed by atoms with Crippen LogP contribution in [0.1, 0.15) is 0 Å². The number of benzene rings is 1. The molecular weight excluding hydrogens is 195 g/mol. The molecule has 1 aliphatic heterocycles. The first-order valence-corrected chi connectivity index (χ1v) is 5.10. The molecule has 1 saturated heterocycles. The Balaban J connectivity index is 2.22. The van der Waals surface area contributed by atoms with E-state index in [1.165, 1.54) is 6.07 Å². The summed E-state index contributed by atoms with van der Waals surface area (Å²) >= 11 is 0. The quantitative estimate of drug-likeness (QED) is 0.804. The highest BCUT2D eigenvalue weighted by Gasteiger charge is 2.12. The number of nitrogens with one attached hydrogen (secondary N) is 1. The average molecular weight is 210 g/mol. The Hall–Kier alpha value is -1.29. The van der Waals surface area contributed by atoms with Crippen LogP contribution in [0.25, 0.3) is 0 Å². The minimum Gasteiger partial charge on any atom is -0.388 e. The Morgan fingerprint density at radius 3 is 2.67 bits per heavy atom. The van der Waals surface area contributed by atoms with Crippen LogP contribution in [0.15, 0.2) is 18.2 Å². The summed E-state index contributed by atoms with van der Waals surface area (Å²) in [6.45, 7) is 3.08. The molecule has 4 heteroatoms.